The molecule has 2 aromatic heterocycles. The number of hydrogen-bond donors (Lipinski definition) is 6. The largest absolute Gasteiger partial charge is 0.481 e. The van der Waals surface area contributed by atoms with Gasteiger partial charge in [-0.25, -0.2) is 4.99 Å². The van der Waals surface area contributed by atoms with Gasteiger partial charge in [0.1, 0.15) is 30.2 Å². The second-order valence-electron chi connectivity index (χ2n) is 8.70. The van der Waals surface area contributed by atoms with Crippen molar-refractivity contribution in [2.24, 2.45) is 4.99 Å². The lowest BCUT2D eigenvalue weighted by molar-refractivity contribution is -0.252. The third-order valence-corrected chi connectivity index (χ3v) is 5.66. The van der Waals surface area contributed by atoms with E-state index in [1.54, 1.807) is 18.5 Å². The number of carboxylic acid groups (broad SMARTS) is 1. The minimum Gasteiger partial charge on any atom is -0.481 e. The van der Waals surface area contributed by atoms with Crippen LogP contribution in [-0.4, -0.2) is 96.4 Å². The Kier molecular flexibility index (Phi) is 12.3. The van der Waals surface area contributed by atoms with Gasteiger partial charge in [-0.3, -0.25) is 19.0 Å². The molecule has 3 rings (SSSR count). The van der Waals surface area contributed by atoms with Gasteiger partial charge in [0.25, 0.3) is 5.56 Å². The highest BCUT2D eigenvalue weighted by molar-refractivity contribution is 5.69. The molecule has 0 spiro atoms. The molecule has 0 saturated carbocycles. The SMILES string of the molecule is CCCN(C=Nc1cccc(=O)[nH]1)CCC.O=C(O)Cc1cccc(=O)n1[C@@H]1O[C@H](CO)[C@@H](O)[C@H](O)[C@H]1O. The molecule has 0 bridgehead atoms. The van der Waals surface area contributed by atoms with Crippen molar-refractivity contribution in [3.63, 3.8) is 0 Å². The minimum absolute atomic E-state index is 0.0596. The van der Waals surface area contributed by atoms with E-state index in [0.717, 1.165) is 36.6 Å². The Balaban J connectivity index is 0.000000281. The van der Waals surface area contributed by atoms with Gasteiger partial charge in [-0.1, -0.05) is 26.0 Å². The van der Waals surface area contributed by atoms with Crippen LogP contribution in [0.25, 0.3) is 0 Å². The lowest BCUT2D eigenvalue weighted by atomic mass is 9.98. The zero-order chi connectivity index (χ0) is 28.2. The number of aliphatic hydroxyl groups excluding tert-OH is 4. The summed E-state index contributed by atoms with van der Waals surface area (Å²) in [5, 5.41) is 47.6. The van der Waals surface area contributed by atoms with E-state index in [1.807, 2.05) is 0 Å². The van der Waals surface area contributed by atoms with Gasteiger partial charge in [0.05, 0.1) is 19.4 Å². The molecule has 1 aliphatic heterocycles. The van der Waals surface area contributed by atoms with Crippen LogP contribution in [-0.2, 0) is 16.0 Å². The fourth-order valence-electron chi connectivity index (χ4n) is 3.88. The average Bonchev–Trinajstić information content (AvgIpc) is 2.87. The molecule has 2 aromatic rings. The number of aromatic amines is 1. The predicted octanol–water partition coefficient (Wildman–Crippen LogP) is -0.395. The molecule has 13 nitrogen and oxygen atoms in total. The van der Waals surface area contributed by atoms with E-state index in [1.165, 1.54) is 18.2 Å². The smallest absolute Gasteiger partial charge is 0.309 e. The number of nitrogens with zero attached hydrogens (tertiary/aromatic N) is 3. The summed E-state index contributed by atoms with van der Waals surface area (Å²) in [5.41, 5.74) is -0.695. The molecule has 6 N–H and O–H groups in total. The Hall–Kier alpha value is -3.36. The van der Waals surface area contributed by atoms with E-state index >= 15 is 0 Å². The first-order valence-electron chi connectivity index (χ1n) is 12.3. The van der Waals surface area contributed by atoms with E-state index in [2.05, 4.69) is 28.7 Å². The van der Waals surface area contributed by atoms with Crippen molar-refractivity contribution in [2.45, 2.75) is 63.8 Å². The van der Waals surface area contributed by atoms with E-state index < -0.39 is 55.2 Å². The van der Waals surface area contributed by atoms with Crippen LogP contribution in [0.5, 0.6) is 0 Å². The normalized spacial score (nSPS) is 23.1. The third-order valence-electron chi connectivity index (χ3n) is 5.66. The number of aromatic nitrogens is 2. The van der Waals surface area contributed by atoms with Gasteiger partial charge >= 0.3 is 5.97 Å². The van der Waals surface area contributed by atoms with Crippen molar-refractivity contribution in [1.29, 1.82) is 0 Å². The van der Waals surface area contributed by atoms with Crippen LogP contribution in [0.3, 0.4) is 0 Å². The number of ether oxygens (including phenoxy) is 1. The summed E-state index contributed by atoms with van der Waals surface area (Å²) in [6.07, 6.45) is -3.98. The number of rotatable bonds is 10. The molecule has 1 fully saturated rings. The first-order chi connectivity index (χ1) is 18.1. The molecule has 0 aliphatic carbocycles. The molecular formula is C25H36N4O9. The van der Waals surface area contributed by atoms with Gasteiger partial charge in [0.2, 0.25) is 5.56 Å². The minimum atomic E-state index is -1.66. The number of carboxylic acids is 1. The van der Waals surface area contributed by atoms with Gasteiger partial charge in [-0.15, -0.1) is 0 Å². The second-order valence-corrected chi connectivity index (χ2v) is 8.70. The molecule has 0 unspecified atom stereocenters. The summed E-state index contributed by atoms with van der Waals surface area (Å²) < 4.78 is 6.18. The fraction of sp³-hybridized carbons (Fsp3) is 0.520. The average molecular weight is 537 g/mol. The predicted molar refractivity (Wildman–Crippen MR) is 138 cm³/mol. The molecule has 1 saturated heterocycles. The Labute approximate surface area is 219 Å². The highest BCUT2D eigenvalue weighted by Gasteiger charge is 2.45. The summed E-state index contributed by atoms with van der Waals surface area (Å²) in [7, 11) is 0. The van der Waals surface area contributed by atoms with Crippen molar-refractivity contribution in [3.05, 3.63) is 62.8 Å². The molecule has 0 aromatic carbocycles. The number of aliphatic carboxylic acids is 1. The maximum atomic E-state index is 12.0. The van der Waals surface area contributed by atoms with E-state index in [-0.39, 0.29) is 11.3 Å². The number of aliphatic hydroxyl groups is 4. The molecule has 1 aliphatic rings. The van der Waals surface area contributed by atoms with Crippen LogP contribution in [0.1, 0.15) is 38.6 Å². The van der Waals surface area contributed by atoms with Crippen LogP contribution >= 0.6 is 0 Å². The van der Waals surface area contributed by atoms with Crippen LogP contribution < -0.4 is 11.1 Å². The van der Waals surface area contributed by atoms with Gasteiger partial charge in [-0.05, 0) is 25.0 Å². The Bertz CT molecular complexity index is 1160. The number of hydrogen-bond acceptors (Lipinski definition) is 9. The molecule has 3 heterocycles. The maximum Gasteiger partial charge on any atom is 0.309 e. The molecular weight excluding hydrogens is 500 g/mol. The van der Waals surface area contributed by atoms with Gasteiger partial charge in [-0.2, -0.15) is 0 Å². The Morgan fingerprint density at radius 2 is 1.71 bits per heavy atom. The fourth-order valence-corrected chi connectivity index (χ4v) is 3.88. The molecule has 0 amide bonds. The van der Waals surface area contributed by atoms with Crippen molar-refractivity contribution in [3.8, 4) is 0 Å². The number of nitrogens with one attached hydrogen (secondary N) is 1. The Morgan fingerprint density at radius 1 is 1.05 bits per heavy atom. The molecule has 38 heavy (non-hydrogen) atoms. The van der Waals surface area contributed by atoms with E-state index in [9.17, 15) is 29.7 Å². The monoisotopic (exact) mass is 536 g/mol. The van der Waals surface area contributed by atoms with Crippen molar-refractivity contribution < 1.29 is 35.1 Å². The van der Waals surface area contributed by atoms with Crippen LogP contribution in [0.15, 0.2) is 51.0 Å². The zero-order valence-electron chi connectivity index (χ0n) is 21.4. The van der Waals surface area contributed by atoms with Crippen LogP contribution in [0.4, 0.5) is 5.82 Å². The molecule has 5 atom stereocenters. The number of aliphatic imine (C=N–C) groups is 1. The van der Waals surface area contributed by atoms with Gasteiger partial charge < -0.3 is 40.2 Å². The molecule has 210 valence electrons. The summed E-state index contributed by atoms with van der Waals surface area (Å²) >= 11 is 0. The van der Waals surface area contributed by atoms with Crippen LogP contribution in [0.2, 0.25) is 0 Å². The Morgan fingerprint density at radius 3 is 2.29 bits per heavy atom. The highest BCUT2D eigenvalue weighted by atomic mass is 16.6. The van der Waals surface area contributed by atoms with Gasteiger partial charge in [0.15, 0.2) is 6.23 Å². The standard InChI is InChI=1S/C13H17NO8.C12H19N3O/c15-5-7-10(19)11(20)12(21)13(22-7)14-6(4-9(17)18)2-1-3-8(14)16;1-3-8-15(9-4-2)10-13-11-6-5-7-12(16)14-11/h1-3,7,10-13,15,19-21H,4-5H2,(H,17,18);5-7,10H,3-4,8-9H2,1-2H3,(H,14,16)/t7-,10-,11+,12-,13-;/m1./s1. The maximum absolute atomic E-state index is 12.0. The summed E-state index contributed by atoms with van der Waals surface area (Å²) in [6.45, 7) is 5.63. The number of carbonyl (C=O) groups is 1. The quantitative estimate of drug-likeness (QED) is 0.172. The van der Waals surface area contributed by atoms with Crippen molar-refractivity contribution >= 4 is 18.1 Å². The summed E-state index contributed by atoms with van der Waals surface area (Å²) in [4.78, 5) is 43.0. The number of pyridine rings is 2. The second kappa shape index (κ2) is 15.1. The first-order valence-corrected chi connectivity index (χ1v) is 12.3. The van der Waals surface area contributed by atoms with Crippen molar-refractivity contribution in [2.75, 3.05) is 19.7 Å². The third kappa shape index (κ3) is 8.60. The van der Waals surface area contributed by atoms with Crippen LogP contribution in [0, 0.1) is 0 Å². The van der Waals surface area contributed by atoms with E-state index in [0.29, 0.717) is 5.82 Å². The summed E-state index contributed by atoms with van der Waals surface area (Å²) in [5.74, 6) is -0.589. The number of H-pyrrole nitrogens is 1. The van der Waals surface area contributed by atoms with Crippen molar-refractivity contribution in [1.82, 2.24) is 14.5 Å². The summed E-state index contributed by atoms with van der Waals surface area (Å²) in [6, 6.07) is 8.85. The highest BCUT2D eigenvalue weighted by Crippen LogP contribution is 2.28. The lowest BCUT2D eigenvalue weighted by Crippen LogP contribution is -2.57. The zero-order valence-corrected chi connectivity index (χ0v) is 21.4. The first kappa shape index (κ1) is 30.9. The van der Waals surface area contributed by atoms with Gasteiger partial charge in [0, 0.05) is 30.9 Å². The topological polar surface area (TPSA) is 198 Å². The van der Waals surface area contributed by atoms with E-state index in [4.69, 9.17) is 14.9 Å². The molecule has 0 radical (unpaired) electrons. The lowest BCUT2D eigenvalue weighted by Gasteiger charge is -2.41. The molecule has 13 heteroatoms.